The molecule has 1 aliphatic carbocycles. The van der Waals surface area contributed by atoms with Crippen molar-refractivity contribution in [3.63, 3.8) is 0 Å². The highest BCUT2D eigenvalue weighted by Crippen LogP contribution is 2.41. The number of nitrogens with two attached hydrogens (primary N) is 1. The molecule has 2 aromatic rings. The Morgan fingerprint density at radius 2 is 1.88 bits per heavy atom. The number of nitrogens with zero attached hydrogens (tertiary/aromatic N) is 5. The van der Waals surface area contributed by atoms with Crippen molar-refractivity contribution >= 4 is 11.6 Å². The van der Waals surface area contributed by atoms with Crippen LogP contribution in [0, 0.1) is 0 Å². The summed E-state index contributed by atoms with van der Waals surface area (Å²) in [5, 5.41) is 0. The topological polar surface area (TPSA) is 80.4 Å². The summed E-state index contributed by atoms with van der Waals surface area (Å²) in [4.78, 5) is 18.0. The SMILES string of the molecule is COCCN1C[C@@H]2CC[C@H]1CN2c1cc(-c2cnc(N)c(C(F)(F)F)c2)nc(C2CC2)n1. The molecule has 4 aliphatic rings. The van der Waals surface area contributed by atoms with Crippen LogP contribution in [-0.4, -0.2) is 65.3 Å². The minimum atomic E-state index is -4.57. The van der Waals surface area contributed by atoms with Crippen LogP contribution in [0.3, 0.4) is 0 Å². The molecule has 32 heavy (non-hydrogen) atoms. The third kappa shape index (κ3) is 4.13. The summed E-state index contributed by atoms with van der Waals surface area (Å²) in [6, 6.07) is 3.59. The molecule has 2 bridgehead atoms. The molecule has 0 spiro atoms. The molecule has 0 unspecified atom stereocenters. The maximum absolute atomic E-state index is 13.4. The fourth-order valence-electron chi connectivity index (χ4n) is 4.79. The van der Waals surface area contributed by atoms with E-state index in [-0.39, 0.29) is 5.92 Å². The van der Waals surface area contributed by atoms with Crippen LogP contribution in [0.4, 0.5) is 24.8 Å². The van der Waals surface area contributed by atoms with Crippen molar-refractivity contribution in [1.29, 1.82) is 0 Å². The van der Waals surface area contributed by atoms with Gasteiger partial charge in [-0.2, -0.15) is 13.2 Å². The van der Waals surface area contributed by atoms with Crippen LogP contribution in [0.5, 0.6) is 0 Å². The van der Waals surface area contributed by atoms with Crippen molar-refractivity contribution in [2.24, 2.45) is 0 Å². The number of ether oxygens (including phenoxy) is 1. The fraction of sp³-hybridized carbons (Fsp3) is 0.591. The molecule has 3 saturated heterocycles. The van der Waals surface area contributed by atoms with Gasteiger partial charge in [0, 0.05) is 62.6 Å². The van der Waals surface area contributed by atoms with E-state index in [0.29, 0.717) is 35.8 Å². The van der Waals surface area contributed by atoms with Gasteiger partial charge in [0.05, 0.1) is 17.9 Å². The number of aromatic nitrogens is 3. The Kier molecular flexibility index (Phi) is 5.45. The number of alkyl halides is 3. The molecule has 7 nitrogen and oxygen atoms in total. The lowest BCUT2D eigenvalue weighted by molar-refractivity contribution is -0.137. The number of anilines is 2. The van der Waals surface area contributed by atoms with Crippen molar-refractivity contribution in [3.05, 3.63) is 29.7 Å². The van der Waals surface area contributed by atoms with Crippen LogP contribution < -0.4 is 10.6 Å². The van der Waals surface area contributed by atoms with Gasteiger partial charge in [-0.15, -0.1) is 0 Å². The van der Waals surface area contributed by atoms with Crippen molar-refractivity contribution in [2.75, 3.05) is 44.0 Å². The summed E-state index contributed by atoms with van der Waals surface area (Å²) >= 11 is 0. The number of piperazine rings is 1. The molecule has 4 fully saturated rings. The second kappa shape index (κ2) is 8.15. The minimum absolute atomic E-state index is 0.276. The van der Waals surface area contributed by atoms with E-state index < -0.39 is 17.6 Å². The fourth-order valence-corrected chi connectivity index (χ4v) is 4.79. The van der Waals surface area contributed by atoms with Crippen LogP contribution >= 0.6 is 0 Å². The molecule has 0 aromatic carbocycles. The van der Waals surface area contributed by atoms with Gasteiger partial charge in [-0.05, 0) is 31.7 Å². The molecule has 0 radical (unpaired) electrons. The van der Waals surface area contributed by atoms with Crippen molar-refractivity contribution in [2.45, 2.75) is 49.9 Å². The van der Waals surface area contributed by atoms with Gasteiger partial charge in [0.2, 0.25) is 0 Å². The first-order chi connectivity index (χ1) is 15.3. The summed E-state index contributed by atoms with van der Waals surface area (Å²) in [6.07, 6.45) is 1.02. The van der Waals surface area contributed by atoms with Gasteiger partial charge >= 0.3 is 6.18 Å². The van der Waals surface area contributed by atoms with Crippen LogP contribution in [0.1, 0.15) is 43.0 Å². The number of hydrogen-bond donors (Lipinski definition) is 1. The average molecular weight is 448 g/mol. The highest BCUT2D eigenvalue weighted by Gasteiger charge is 2.40. The van der Waals surface area contributed by atoms with Crippen molar-refractivity contribution in [3.8, 4) is 11.3 Å². The van der Waals surface area contributed by atoms with Crippen molar-refractivity contribution in [1.82, 2.24) is 19.9 Å². The lowest BCUT2D eigenvalue weighted by Gasteiger charge is -2.52. The lowest BCUT2D eigenvalue weighted by atomic mass is 9.90. The third-order valence-electron chi connectivity index (χ3n) is 6.71. The molecule has 0 amide bonds. The van der Waals surface area contributed by atoms with E-state index in [2.05, 4.69) is 19.8 Å². The minimum Gasteiger partial charge on any atom is -0.383 e. The molecular weight excluding hydrogens is 421 g/mol. The Morgan fingerprint density at radius 1 is 1.09 bits per heavy atom. The summed E-state index contributed by atoms with van der Waals surface area (Å²) in [5.41, 5.74) is 5.33. The average Bonchev–Trinajstić information content (AvgIpc) is 3.63. The number of fused-ring (bicyclic) bond motifs is 3. The first kappa shape index (κ1) is 21.4. The first-order valence-electron chi connectivity index (χ1n) is 11.0. The monoisotopic (exact) mass is 448 g/mol. The second-order valence-corrected chi connectivity index (χ2v) is 8.92. The molecule has 10 heteroatoms. The molecule has 172 valence electrons. The normalized spacial score (nSPS) is 23.7. The molecular formula is C22H27F3N6O. The van der Waals surface area contributed by atoms with Gasteiger partial charge in [0.15, 0.2) is 0 Å². The second-order valence-electron chi connectivity index (χ2n) is 8.92. The Hall–Kier alpha value is -2.46. The van der Waals surface area contributed by atoms with Crippen LogP contribution in [0.15, 0.2) is 18.3 Å². The number of rotatable bonds is 6. The summed E-state index contributed by atoms with van der Waals surface area (Å²) in [7, 11) is 1.71. The molecule has 3 aliphatic heterocycles. The summed E-state index contributed by atoms with van der Waals surface area (Å²) < 4.78 is 45.4. The zero-order chi connectivity index (χ0) is 22.5. The van der Waals surface area contributed by atoms with E-state index in [0.717, 1.165) is 57.2 Å². The van der Waals surface area contributed by atoms with Gasteiger partial charge in [-0.3, -0.25) is 4.90 Å². The van der Waals surface area contributed by atoms with E-state index >= 15 is 0 Å². The Morgan fingerprint density at radius 3 is 2.53 bits per heavy atom. The zero-order valence-electron chi connectivity index (χ0n) is 18.0. The van der Waals surface area contributed by atoms with Crippen LogP contribution in [0.2, 0.25) is 0 Å². The van der Waals surface area contributed by atoms with E-state index in [4.69, 9.17) is 15.5 Å². The predicted octanol–water partition coefficient (Wildman–Crippen LogP) is 3.32. The summed E-state index contributed by atoms with van der Waals surface area (Å²) in [6.45, 7) is 3.40. The number of halogens is 3. The molecule has 1 saturated carbocycles. The predicted molar refractivity (Wildman–Crippen MR) is 114 cm³/mol. The molecule has 5 heterocycles. The van der Waals surface area contributed by atoms with Crippen LogP contribution in [-0.2, 0) is 10.9 Å². The number of piperidine rings is 2. The Balaban J connectivity index is 1.48. The Bertz CT molecular complexity index is 996. The quantitative estimate of drug-likeness (QED) is 0.726. The highest BCUT2D eigenvalue weighted by atomic mass is 19.4. The van der Waals surface area contributed by atoms with E-state index in [1.165, 1.54) is 6.20 Å². The highest BCUT2D eigenvalue weighted by molar-refractivity contribution is 5.65. The van der Waals surface area contributed by atoms with Crippen LogP contribution in [0.25, 0.3) is 11.3 Å². The maximum Gasteiger partial charge on any atom is 0.419 e. The number of methoxy groups -OCH3 is 1. The third-order valence-corrected chi connectivity index (χ3v) is 6.71. The van der Waals surface area contributed by atoms with Gasteiger partial charge in [-0.25, -0.2) is 15.0 Å². The van der Waals surface area contributed by atoms with Gasteiger partial charge in [-0.1, -0.05) is 0 Å². The molecule has 6 rings (SSSR count). The molecule has 2 aromatic heterocycles. The van der Waals surface area contributed by atoms with Gasteiger partial charge in [0.25, 0.3) is 0 Å². The number of hydrogen-bond acceptors (Lipinski definition) is 7. The lowest BCUT2D eigenvalue weighted by Crippen LogP contribution is -2.63. The van der Waals surface area contributed by atoms with Gasteiger partial charge in [0.1, 0.15) is 17.5 Å². The molecule has 2 atom stereocenters. The maximum atomic E-state index is 13.4. The smallest absolute Gasteiger partial charge is 0.383 e. The Labute approximate surface area is 184 Å². The van der Waals surface area contributed by atoms with Gasteiger partial charge < -0.3 is 15.4 Å². The van der Waals surface area contributed by atoms with E-state index in [1.807, 2.05) is 0 Å². The standard InChI is InChI=1S/C22H27F3N6O/c1-32-7-6-30-11-16-5-4-15(30)12-31(16)19-9-18(28-21(29-19)13-2-3-13)14-8-17(22(23,24)25)20(26)27-10-14/h8-10,13,15-16H,2-7,11-12H2,1H3,(H2,26,27)/t15-,16-/m0/s1. The zero-order valence-corrected chi connectivity index (χ0v) is 18.0. The van der Waals surface area contributed by atoms with Crippen molar-refractivity contribution < 1.29 is 17.9 Å². The molecule has 2 N–H and O–H groups in total. The number of pyridine rings is 1. The summed E-state index contributed by atoms with van der Waals surface area (Å²) in [5.74, 6) is 1.25. The largest absolute Gasteiger partial charge is 0.419 e. The number of nitrogen functional groups attached to an aromatic ring is 1. The first-order valence-corrected chi connectivity index (χ1v) is 11.0. The van der Waals surface area contributed by atoms with E-state index in [1.54, 1.807) is 13.2 Å². The van der Waals surface area contributed by atoms with E-state index in [9.17, 15) is 13.2 Å².